The number of nitrogens with zero attached hydrogens (tertiary/aromatic N) is 1. The molecule has 1 fully saturated rings. The molecule has 1 aliphatic rings. The van der Waals surface area contributed by atoms with E-state index in [0.717, 1.165) is 42.4 Å². The molecular formula is C28H31N3O4. The highest BCUT2D eigenvalue weighted by Gasteiger charge is 2.34. The van der Waals surface area contributed by atoms with Crippen LogP contribution in [0.3, 0.4) is 0 Å². The van der Waals surface area contributed by atoms with E-state index in [0.29, 0.717) is 0 Å². The van der Waals surface area contributed by atoms with E-state index in [1.807, 2.05) is 61.5 Å². The third kappa shape index (κ3) is 6.18. The van der Waals surface area contributed by atoms with Crippen molar-refractivity contribution < 1.29 is 18.8 Å². The highest BCUT2D eigenvalue weighted by atomic mass is 16.3. The number of hydrogen-bond donors (Lipinski definition) is 2. The standard InChI is InChI=1S/C28H31N3O4/c1-20-10-5-8-15-23(20)26(28(34)30-22-13-6-7-14-22)31(19-21-11-3-2-4-12-21)25(32)18-29-27(33)24-16-9-17-35-24/h2-5,8-12,15-17,22,26H,6-7,13-14,18-19H2,1H3,(H,29,33)(H,30,34)/t26-/m0/s1. The predicted molar refractivity (Wildman–Crippen MR) is 132 cm³/mol. The van der Waals surface area contributed by atoms with Crippen LogP contribution in [0, 0.1) is 6.92 Å². The Morgan fingerprint density at radius 2 is 1.69 bits per heavy atom. The number of hydrogen-bond acceptors (Lipinski definition) is 4. The minimum Gasteiger partial charge on any atom is -0.459 e. The van der Waals surface area contributed by atoms with Crippen molar-refractivity contribution in [1.29, 1.82) is 0 Å². The number of rotatable bonds is 9. The van der Waals surface area contributed by atoms with Crippen LogP contribution in [-0.4, -0.2) is 35.2 Å². The van der Waals surface area contributed by atoms with Gasteiger partial charge < -0.3 is 20.0 Å². The van der Waals surface area contributed by atoms with Gasteiger partial charge in [0.1, 0.15) is 6.04 Å². The van der Waals surface area contributed by atoms with Crippen molar-refractivity contribution in [3.63, 3.8) is 0 Å². The molecule has 7 heteroatoms. The molecule has 0 saturated heterocycles. The maximum absolute atomic E-state index is 13.7. The SMILES string of the molecule is Cc1ccccc1[C@@H](C(=O)NC1CCCC1)N(Cc1ccccc1)C(=O)CNC(=O)c1ccco1. The van der Waals surface area contributed by atoms with Gasteiger partial charge in [0.25, 0.3) is 5.91 Å². The number of carbonyl (C=O) groups excluding carboxylic acids is 3. The van der Waals surface area contributed by atoms with E-state index in [9.17, 15) is 14.4 Å². The Labute approximate surface area is 205 Å². The molecule has 1 aromatic heterocycles. The van der Waals surface area contributed by atoms with E-state index in [2.05, 4.69) is 10.6 Å². The molecule has 0 spiro atoms. The summed E-state index contributed by atoms with van der Waals surface area (Å²) in [6.07, 6.45) is 5.47. The molecule has 0 aliphatic heterocycles. The lowest BCUT2D eigenvalue weighted by Crippen LogP contribution is -2.48. The molecule has 1 atom stereocenters. The molecule has 1 aliphatic carbocycles. The number of nitrogens with one attached hydrogen (secondary N) is 2. The molecule has 35 heavy (non-hydrogen) atoms. The summed E-state index contributed by atoms with van der Waals surface area (Å²) in [5.74, 6) is -0.913. The fraction of sp³-hybridized carbons (Fsp3) is 0.321. The van der Waals surface area contributed by atoms with E-state index < -0.39 is 11.9 Å². The topological polar surface area (TPSA) is 91.7 Å². The van der Waals surface area contributed by atoms with Gasteiger partial charge in [0, 0.05) is 12.6 Å². The Balaban J connectivity index is 1.64. The first-order chi connectivity index (χ1) is 17.0. The lowest BCUT2D eigenvalue weighted by molar-refractivity contribution is -0.141. The Hall–Kier alpha value is -3.87. The van der Waals surface area contributed by atoms with Gasteiger partial charge in [-0.2, -0.15) is 0 Å². The predicted octanol–water partition coefficient (Wildman–Crippen LogP) is 4.15. The van der Waals surface area contributed by atoms with Crippen molar-refractivity contribution in [1.82, 2.24) is 15.5 Å². The average Bonchev–Trinajstić information content (AvgIpc) is 3.58. The van der Waals surface area contributed by atoms with Crippen LogP contribution in [0.1, 0.15) is 59.0 Å². The van der Waals surface area contributed by atoms with Gasteiger partial charge in [-0.3, -0.25) is 14.4 Å². The lowest BCUT2D eigenvalue weighted by Gasteiger charge is -2.33. The Kier molecular flexibility index (Phi) is 7.98. The second kappa shape index (κ2) is 11.5. The zero-order chi connectivity index (χ0) is 24.6. The molecule has 4 rings (SSSR count). The zero-order valence-electron chi connectivity index (χ0n) is 19.9. The maximum atomic E-state index is 13.7. The van der Waals surface area contributed by atoms with Crippen LogP contribution in [0.25, 0.3) is 0 Å². The first-order valence-electron chi connectivity index (χ1n) is 12.0. The summed E-state index contributed by atoms with van der Waals surface area (Å²) >= 11 is 0. The molecule has 0 bridgehead atoms. The van der Waals surface area contributed by atoms with Crippen LogP contribution in [0.4, 0.5) is 0 Å². The fourth-order valence-corrected chi connectivity index (χ4v) is 4.55. The molecule has 3 aromatic rings. The molecule has 1 saturated carbocycles. The third-order valence-corrected chi connectivity index (χ3v) is 6.41. The molecule has 1 heterocycles. The van der Waals surface area contributed by atoms with Crippen molar-refractivity contribution in [2.75, 3.05) is 6.54 Å². The first-order valence-corrected chi connectivity index (χ1v) is 12.0. The highest BCUT2D eigenvalue weighted by molar-refractivity contribution is 5.95. The molecule has 3 amide bonds. The molecule has 0 unspecified atom stereocenters. The molecule has 7 nitrogen and oxygen atoms in total. The lowest BCUT2D eigenvalue weighted by atomic mass is 9.97. The van der Waals surface area contributed by atoms with Crippen molar-refractivity contribution >= 4 is 17.7 Å². The van der Waals surface area contributed by atoms with E-state index in [1.54, 1.807) is 11.0 Å². The second-order valence-electron chi connectivity index (χ2n) is 8.92. The zero-order valence-corrected chi connectivity index (χ0v) is 19.9. The molecule has 2 aromatic carbocycles. The summed E-state index contributed by atoms with van der Waals surface area (Å²) in [7, 11) is 0. The molecule has 0 radical (unpaired) electrons. The molecular weight excluding hydrogens is 442 g/mol. The van der Waals surface area contributed by atoms with E-state index >= 15 is 0 Å². The summed E-state index contributed by atoms with van der Waals surface area (Å²) in [5.41, 5.74) is 2.58. The number of furan rings is 1. The maximum Gasteiger partial charge on any atom is 0.287 e. The summed E-state index contributed by atoms with van der Waals surface area (Å²) < 4.78 is 5.13. The van der Waals surface area contributed by atoms with Crippen LogP contribution >= 0.6 is 0 Å². The summed E-state index contributed by atoms with van der Waals surface area (Å²) in [6.45, 7) is 1.91. The number of aryl methyl sites for hydroxylation is 1. The molecule has 182 valence electrons. The van der Waals surface area contributed by atoms with Crippen LogP contribution in [0.5, 0.6) is 0 Å². The van der Waals surface area contributed by atoms with Gasteiger partial charge >= 0.3 is 0 Å². The number of amides is 3. The first kappa shape index (κ1) is 24.3. The van der Waals surface area contributed by atoms with E-state index in [4.69, 9.17) is 4.42 Å². The Morgan fingerprint density at radius 1 is 0.971 bits per heavy atom. The minimum absolute atomic E-state index is 0.112. The van der Waals surface area contributed by atoms with Crippen molar-refractivity contribution in [2.45, 2.75) is 51.2 Å². The van der Waals surface area contributed by atoms with E-state index in [1.165, 1.54) is 12.3 Å². The fourth-order valence-electron chi connectivity index (χ4n) is 4.55. The summed E-state index contributed by atoms with van der Waals surface area (Å²) in [4.78, 5) is 41.2. The largest absolute Gasteiger partial charge is 0.459 e. The van der Waals surface area contributed by atoms with Gasteiger partial charge in [0.2, 0.25) is 11.8 Å². The van der Waals surface area contributed by atoms with Crippen molar-refractivity contribution in [3.05, 3.63) is 95.4 Å². The van der Waals surface area contributed by atoms with Crippen LogP contribution in [0.15, 0.2) is 77.4 Å². The van der Waals surface area contributed by atoms with Gasteiger partial charge in [-0.15, -0.1) is 0 Å². The molecule has 2 N–H and O–H groups in total. The normalized spacial score (nSPS) is 14.3. The van der Waals surface area contributed by atoms with Crippen LogP contribution in [-0.2, 0) is 16.1 Å². The monoisotopic (exact) mass is 473 g/mol. The van der Waals surface area contributed by atoms with Gasteiger partial charge in [0.15, 0.2) is 5.76 Å². The minimum atomic E-state index is -0.829. The van der Waals surface area contributed by atoms with Crippen LogP contribution < -0.4 is 10.6 Å². The van der Waals surface area contributed by atoms with Gasteiger partial charge in [-0.05, 0) is 48.6 Å². The van der Waals surface area contributed by atoms with Gasteiger partial charge in [0.05, 0.1) is 12.8 Å². The summed E-state index contributed by atoms with van der Waals surface area (Å²) in [5, 5.41) is 5.81. The Morgan fingerprint density at radius 3 is 2.37 bits per heavy atom. The van der Waals surface area contributed by atoms with E-state index in [-0.39, 0.29) is 36.7 Å². The smallest absolute Gasteiger partial charge is 0.287 e. The highest BCUT2D eigenvalue weighted by Crippen LogP contribution is 2.28. The Bertz CT molecular complexity index is 1140. The number of carbonyl (C=O) groups is 3. The second-order valence-corrected chi connectivity index (χ2v) is 8.92. The average molecular weight is 474 g/mol. The van der Waals surface area contributed by atoms with Crippen molar-refractivity contribution in [3.8, 4) is 0 Å². The third-order valence-electron chi connectivity index (χ3n) is 6.41. The van der Waals surface area contributed by atoms with Crippen molar-refractivity contribution in [2.24, 2.45) is 0 Å². The number of benzene rings is 2. The van der Waals surface area contributed by atoms with Gasteiger partial charge in [-0.1, -0.05) is 67.4 Å². The quantitative estimate of drug-likeness (QED) is 0.489. The van der Waals surface area contributed by atoms with Gasteiger partial charge in [-0.25, -0.2) is 0 Å². The summed E-state index contributed by atoms with van der Waals surface area (Å²) in [6, 6.07) is 19.6. The van der Waals surface area contributed by atoms with Crippen LogP contribution in [0.2, 0.25) is 0 Å².